The van der Waals surface area contributed by atoms with Crippen LogP contribution in [-0.2, 0) is 0 Å². The Morgan fingerprint density at radius 3 is 2.79 bits per heavy atom. The highest BCUT2D eigenvalue weighted by molar-refractivity contribution is 9.10. The molecule has 3 unspecified atom stereocenters. The average Bonchev–Trinajstić information content (AvgIpc) is 2.33. The van der Waals surface area contributed by atoms with Gasteiger partial charge in [-0.1, -0.05) is 13.0 Å². The molecular formula is C15H21BrN2O. The Labute approximate surface area is 123 Å². The molecule has 3 nitrogen and oxygen atoms in total. The van der Waals surface area contributed by atoms with E-state index in [1.54, 1.807) is 0 Å². The van der Waals surface area contributed by atoms with Crippen molar-refractivity contribution in [3.8, 4) is 0 Å². The fraction of sp³-hybridized carbons (Fsp3) is 0.533. The molecule has 1 aliphatic heterocycles. The van der Waals surface area contributed by atoms with E-state index in [0.717, 1.165) is 23.0 Å². The lowest BCUT2D eigenvalue weighted by Gasteiger charge is -2.36. The minimum Gasteiger partial charge on any atom is -0.347 e. The highest BCUT2D eigenvalue weighted by atomic mass is 79.9. The van der Waals surface area contributed by atoms with Gasteiger partial charge in [0.25, 0.3) is 5.91 Å². The zero-order valence-electron chi connectivity index (χ0n) is 11.7. The van der Waals surface area contributed by atoms with Crippen LogP contribution >= 0.6 is 15.9 Å². The molecule has 2 rings (SSSR count). The molecule has 0 aliphatic carbocycles. The maximum Gasteiger partial charge on any atom is 0.252 e. The third-order valence-corrected chi connectivity index (χ3v) is 4.54. The van der Waals surface area contributed by atoms with Crippen LogP contribution in [-0.4, -0.2) is 24.5 Å². The molecule has 1 amide bonds. The number of rotatable bonds is 2. The van der Waals surface area contributed by atoms with Crippen molar-refractivity contribution in [3.05, 3.63) is 33.8 Å². The Hall–Kier alpha value is -0.870. The number of amides is 1. The van der Waals surface area contributed by atoms with Crippen molar-refractivity contribution in [2.24, 2.45) is 5.92 Å². The Kier molecular flexibility index (Phi) is 4.63. The monoisotopic (exact) mass is 324 g/mol. The molecular weight excluding hydrogens is 304 g/mol. The molecule has 1 fully saturated rings. The van der Waals surface area contributed by atoms with Crippen LogP contribution in [0.3, 0.4) is 0 Å². The normalized spacial score (nSPS) is 27.1. The number of carbonyl (C=O) groups excluding carboxylic acids is 1. The second kappa shape index (κ2) is 6.06. The van der Waals surface area contributed by atoms with Gasteiger partial charge in [-0.05, 0) is 66.4 Å². The number of nitrogens with one attached hydrogen (secondary N) is 2. The van der Waals surface area contributed by atoms with Gasteiger partial charge in [-0.2, -0.15) is 0 Å². The average molecular weight is 325 g/mol. The zero-order valence-corrected chi connectivity index (χ0v) is 13.3. The SMILES string of the molecule is Cc1ccc(C(=O)NC2C(C)CCNC2C)c(Br)c1. The first kappa shape index (κ1) is 14.5. The highest BCUT2D eigenvalue weighted by Gasteiger charge is 2.29. The molecule has 0 radical (unpaired) electrons. The minimum atomic E-state index is -0.000671. The molecule has 2 N–H and O–H groups in total. The number of benzene rings is 1. The fourth-order valence-corrected chi connectivity index (χ4v) is 3.31. The van der Waals surface area contributed by atoms with Gasteiger partial charge in [-0.15, -0.1) is 0 Å². The van der Waals surface area contributed by atoms with Crippen molar-refractivity contribution in [2.75, 3.05) is 6.54 Å². The Morgan fingerprint density at radius 1 is 1.42 bits per heavy atom. The summed E-state index contributed by atoms with van der Waals surface area (Å²) in [6, 6.07) is 6.32. The Bertz CT molecular complexity index is 465. The van der Waals surface area contributed by atoms with Gasteiger partial charge >= 0.3 is 0 Å². The van der Waals surface area contributed by atoms with Gasteiger partial charge < -0.3 is 10.6 Å². The van der Waals surface area contributed by atoms with E-state index in [9.17, 15) is 4.79 Å². The van der Waals surface area contributed by atoms with Gasteiger partial charge in [-0.3, -0.25) is 4.79 Å². The van der Waals surface area contributed by atoms with E-state index in [4.69, 9.17) is 0 Å². The lowest BCUT2D eigenvalue weighted by atomic mass is 9.89. The first-order chi connectivity index (χ1) is 8.99. The van der Waals surface area contributed by atoms with E-state index in [-0.39, 0.29) is 11.9 Å². The highest BCUT2D eigenvalue weighted by Crippen LogP contribution is 2.21. The third-order valence-electron chi connectivity index (χ3n) is 3.88. The van der Waals surface area contributed by atoms with E-state index in [1.807, 2.05) is 25.1 Å². The first-order valence-corrected chi connectivity index (χ1v) is 7.58. The van der Waals surface area contributed by atoms with E-state index in [1.165, 1.54) is 0 Å². The fourth-order valence-electron chi connectivity index (χ4n) is 2.64. The molecule has 19 heavy (non-hydrogen) atoms. The summed E-state index contributed by atoms with van der Waals surface area (Å²) in [5.74, 6) is 0.503. The summed E-state index contributed by atoms with van der Waals surface area (Å²) < 4.78 is 0.856. The van der Waals surface area contributed by atoms with E-state index < -0.39 is 0 Å². The van der Waals surface area contributed by atoms with Crippen LogP contribution in [0.2, 0.25) is 0 Å². The molecule has 4 heteroatoms. The smallest absolute Gasteiger partial charge is 0.252 e. The minimum absolute atomic E-state index is 0.000671. The lowest BCUT2D eigenvalue weighted by molar-refractivity contribution is 0.0897. The van der Waals surface area contributed by atoms with E-state index in [2.05, 4.69) is 40.4 Å². The molecule has 0 aromatic heterocycles. The van der Waals surface area contributed by atoms with Crippen LogP contribution in [0.5, 0.6) is 0 Å². The summed E-state index contributed by atoms with van der Waals surface area (Å²) in [4.78, 5) is 12.4. The molecule has 1 aromatic carbocycles. The third kappa shape index (κ3) is 3.37. The van der Waals surface area contributed by atoms with Gasteiger partial charge in [0.15, 0.2) is 0 Å². The van der Waals surface area contributed by atoms with Gasteiger partial charge in [0, 0.05) is 16.6 Å². The van der Waals surface area contributed by atoms with Crippen LogP contribution in [0.25, 0.3) is 0 Å². The molecule has 1 saturated heterocycles. The molecule has 1 aromatic rings. The van der Waals surface area contributed by atoms with Crippen molar-refractivity contribution in [3.63, 3.8) is 0 Å². The number of piperidine rings is 1. The first-order valence-electron chi connectivity index (χ1n) is 6.79. The van der Waals surface area contributed by atoms with Gasteiger partial charge in [0.1, 0.15) is 0 Å². The zero-order chi connectivity index (χ0) is 14.0. The summed E-state index contributed by atoms with van der Waals surface area (Å²) >= 11 is 3.47. The second-order valence-electron chi connectivity index (χ2n) is 5.49. The molecule has 1 aliphatic rings. The van der Waals surface area contributed by atoms with Gasteiger partial charge in [0.05, 0.1) is 5.56 Å². The Morgan fingerprint density at radius 2 is 2.16 bits per heavy atom. The quantitative estimate of drug-likeness (QED) is 0.878. The lowest BCUT2D eigenvalue weighted by Crippen LogP contribution is -2.55. The van der Waals surface area contributed by atoms with Crippen LogP contribution in [0.15, 0.2) is 22.7 Å². The van der Waals surface area contributed by atoms with Crippen molar-refractivity contribution in [1.29, 1.82) is 0 Å². The number of halogens is 1. The van der Waals surface area contributed by atoms with Crippen LogP contribution in [0, 0.1) is 12.8 Å². The predicted molar refractivity (Wildman–Crippen MR) is 81.4 cm³/mol. The van der Waals surface area contributed by atoms with E-state index >= 15 is 0 Å². The Balaban J connectivity index is 2.11. The largest absolute Gasteiger partial charge is 0.347 e. The van der Waals surface area contributed by atoms with Gasteiger partial charge in [0.2, 0.25) is 0 Å². The summed E-state index contributed by atoms with van der Waals surface area (Å²) in [7, 11) is 0. The molecule has 1 heterocycles. The maximum atomic E-state index is 12.4. The number of aryl methyl sites for hydroxylation is 1. The summed E-state index contributed by atoms with van der Waals surface area (Å²) in [6.45, 7) is 7.38. The standard InChI is InChI=1S/C15H21BrN2O/c1-9-4-5-12(13(16)8-9)15(19)18-14-10(2)6-7-17-11(14)3/h4-5,8,10-11,14,17H,6-7H2,1-3H3,(H,18,19). The molecule has 3 atom stereocenters. The molecule has 104 valence electrons. The maximum absolute atomic E-state index is 12.4. The van der Waals surface area contributed by atoms with Crippen LogP contribution in [0.4, 0.5) is 0 Å². The van der Waals surface area contributed by atoms with Crippen LogP contribution in [0.1, 0.15) is 36.2 Å². The van der Waals surface area contributed by atoms with E-state index in [0.29, 0.717) is 17.5 Å². The molecule has 0 spiro atoms. The number of hydrogen-bond acceptors (Lipinski definition) is 2. The molecule has 0 bridgehead atoms. The van der Waals surface area contributed by atoms with Crippen molar-refractivity contribution in [1.82, 2.24) is 10.6 Å². The second-order valence-corrected chi connectivity index (χ2v) is 6.35. The van der Waals surface area contributed by atoms with Crippen molar-refractivity contribution >= 4 is 21.8 Å². The van der Waals surface area contributed by atoms with Crippen molar-refractivity contribution < 1.29 is 4.79 Å². The number of carbonyl (C=O) groups is 1. The topological polar surface area (TPSA) is 41.1 Å². The summed E-state index contributed by atoms with van der Waals surface area (Å²) in [5, 5.41) is 6.58. The summed E-state index contributed by atoms with van der Waals surface area (Å²) in [6.07, 6.45) is 1.10. The summed E-state index contributed by atoms with van der Waals surface area (Å²) in [5.41, 5.74) is 1.85. The van der Waals surface area contributed by atoms with Crippen molar-refractivity contribution in [2.45, 2.75) is 39.3 Å². The molecule has 0 saturated carbocycles. The predicted octanol–water partition coefficient (Wildman–Crippen LogP) is 2.87. The number of hydrogen-bond donors (Lipinski definition) is 2. The van der Waals surface area contributed by atoms with Gasteiger partial charge in [-0.25, -0.2) is 0 Å². The van der Waals surface area contributed by atoms with Crippen LogP contribution < -0.4 is 10.6 Å².